The first-order valence-electron chi connectivity index (χ1n) is 8.40. The molecule has 3 aliphatic rings. The van der Waals surface area contributed by atoms with Crippen molar-refractivity contribution in [2.24, 2.45) is 0 Å². The minimum atomic E-state index is -0.425. The number of hydroxylamine groups is 2. The van der Waals surface area contributed by atoms with E-state index >= 15 is 0 Å². The Hall–Kier alpha value is -1.64. The lowest BCUT2D eigenvalue weighted by molar-refractivity contribution is -0.140. The fraction of sp³-hybridized carbons (Fsp3) is 0.471. The van der Waals surface area contributed by atoms with E-state index in [0.717, 1.165) is 17.7 Å². The van der Waals surface area contributed by atoms with E-state index in [1.54, 1.807) is 9.80 Å². The maximum absolute atomic E-state index is 12.8. The minimum Gasteiger partial charge on any atom is -0.309 e. The first kappa shape index (κ1) is 16.8. The van der Waals surface area contributed by atoms with Crippen molar-refractivity contribution < 1.29 is 14.4 Å². The van der Waals surface area contributed by atoms with Crippen molar-refractivity contribution in [1.29, 1.82) is 0 Å². The molecule has 3 aliphatic heterocycles. The Labute approximate surface area is 156 Å². The zero-order valence-corrected chi connectivity index (χ0v) is 15.3. The van der Waals surface area contributed by atoms with Crippen LogP contribution in [0.25, 0.3) is 0 Å². The highest BCUT2D eigenvalue weighted by atomic mass is 32.2. The maximum Gasteiger partial charge on any atom is 0.345 e. The molecular formula is C17H19N3O3S2. The van der Waals surface area contributed by atoms with Gasteiger partial charge >= 0.3 is 6.03 Å². The van der Waals surface area contributed by atoms with Crippen molar-refractivity contribution in [1.82, 2.24) is 14.9 Å². The van der Waals surface area contributed by atoms with Gasteiger partial charge in [-0.2, -0.15) is 5.06 Å². The second-order valence-corrected chi connectivity index (χ2v) is 8.10. The van der Waals surface area contributed by atoms with E-state index in [1.807, 2.05) is 30.3 Å². The van der Waals surface area contributed by atoms with Crippen LogP contribution in [0.3, 0.4) is 0 Å². The number of thiocarbonyl (C=S) groups is 1. The molecule has 0 unspecified atom stereocenters. The van der Waals surface area contributed by atoms with Crippen LogP contribution < -0.4 is 0 Å². The van der Waals surface area contributed by atoms with Gasteiger partial charge in [0.2, 0.25) is 0 Å². The molecule has 0 radical (unpaired) electrons. The van der Waals surface area contributed by atoms with Crippen LogP contribution in [0.4, 0.5) is 4.79 Å². The molecule has 1 aromatic carbocycles. The third-order valence-corrected chi connectivity index (χ3v) is 6.28. The molecular weight excluding hydrogens is 358 g/mol. The Morgan fingerprint density at radius 1 is 1.28 bits per heavy atom. The molecule has 132 valence electrons. The lowest BCUT2D eigenvalue weighted by Crippen LogP contribution is -2.51. The first-order chi connectivity index (χ1) is 12.1. The number of urea groups is 1. The summed E-state index contributed by atoms with van der Waals surface area (Å²) in [4.78, 5) is 34.6. The molecule has 0 aromatic heterocycles. The number of piperidine rings is 1. The van der Waals surface area contributed by atoms with Crippen LogP contribution in [-0.2, 0) is 16.2 Å². The van der Waals surface area contributed by atoms with E-state index in [4.69, 9.17) is 17.1 Å². The summed E-state index contributed by atoms with van der Waals surface area (Å²) in [5.74, 6) is 0.784. The molecule has 8 heteroatoms. The van der Waals surface area contributed by atoms with Crippen LogP contribution in [0.1, 0.15) is 18.4 Å². The van der Waals surface area contributed by atoms with Gasteiger partial charge in [-0.1, -0.05) is 54.3 Å². The molecule has 0 N–H and O–H groups in total. The van der Waals surface area contributed by atoms with Crippen LogP contribution in [0.5, 0.6) is 0 Å². The number of rotatable bonds is 4. The van der Waals surface area contributed by atoms with Crippen molar-refractivity contribution in [3.63, 3.8) is 0 Å². The number of carbonyl (C=O) groups excluding carboxylic acids is 2. The number of hydrogen-bond donors (Lipinski definition) is 0. The van der Waals surface area contributed by atoms with Crippen molar-refractivity contribution in [3.8, 4) is 0 Å². The molecule has 25 heavy (non-hydrogen) atoms. The van der Waals surface area contributed by atoms with E-state index in [-0.39, 0.29) is 18.0 Å². The lowest BCUT2D eigenvalue weighted by Gasteiger charge is -2.31. The third kappa shape index (κ3) is 3.14. The summed E-state index contributed by atoms with van der Waals surface area (Å²) in [5, 5.41) is 1.46. The van der Waals surface area contributed by atoms with Gasteiger partial charge in [-0.05, 0) is 18.4 Å². The van der Waals surface area contributed by atoms with Crippen molar-refractivity contribution in [3.05, 3.63) is 35.9 Å². The SMILES string of the molecule is O=C([C@@H]1CC[C@@H]2CN1C(=O)N2OCc1ccccc1)N1CCSC1=S. The molecule has 3 saturated heterocycles. The van der Waals surface area contributed by atoms with Gasteiger partial charge in [0, 0.05) is 18.8 Å². The maximum atomic E-state index is 12.8. The highest BCUT2D eigenvalue weighted by Gasteiger charge is 2.49. The normalized spacial score (nSPS) is 25.8. The largest absolute Gasteiger partial charge is 0.345 e. The Balaban J connectivity index is 1.43. The fourth-order valence-corrected chi connectivity index (χ4v) is 4.76. The highest BCUT2D eigenvalue weighted by Crippen LogP contribution is 2.32. The quantitative estimate of drug-likeness (QED) is 0.754. The van der Waals surface area contributed by atoms with Gasteiger partial charge in [0.1, 0.15) is 17.0 Å². The molecule has 3 fully saturated rings. The number of fused-ring (bicyclic) bond motifs is 2. The van der Waals surface area contributed by atoms with Crippen LogP contribution in [0.15, 0.2) is 30.3 Å². The van der Waals surface area contributed by atoms with Gasteiger partial charge < -0.3 is 4.90 Å². The summed E-state index contributed by atoms with van der Waals surface area (Å²) >= 11 is 6.77. The Morgan fingerprint density at radius 3 is 2.80 bits per heavy atom. The summed E-state index contributed by atoms with van der Waals surface area (Å²) in [6, 6.07) is 9.13. The predicted octanol–water partition coefficient (Wildman–Crippen LogP) is 2.25. The van der Waals surface area contributed by atoms with Gasteiger partial charge in [0.25, 0.3) is 5.91 Å². The molecule has 0 aliphatic carbocycles. The van der Waals surface area contributed by atoms with E-state index in [2.05, 4.69) is 0 Å². The molecule has 2 atom stereocenters. The predicted molar refractivity (Wildman–Crippen MR) is 98.8 cm³/mol. The summed E-state index contributed by atoms with van der Waals surface area (Å²) in [5.41, 5.74) is 1.01. The Kier molecular flexibility index (Phi) is 4.66. The Bertz CT molecular complexity index is 700. The van der Waals surface area contributed by atoms with E-state index in [0.29, 0.717) is 30.4 Å². The number of nitrogens with zero attached hydrogens (tertiary/aromatic N) is 3. The zero-order valence-electron chi connectivity index (χ0n) is 13.7. The molecule has 0 spiro atoms. The molecule has 3 heterocycles. The summed E-state index contributed by atoms with van der Waals surface area (Å²) in [7, 11) is 0. The van der Waals surface area contributed by atoms with Crippen LogP contribution in [0.2, 0.25) is 0 Å². The third-order valence-electron chi connectivity index (χ3n) is 4.85. The van der Waals surface area contributed by atoms with Gasteiger partial charge in [-0.25, -0.2) is 4.79 Å². The Morgan fingerprint density at radius 2 is 2.08 bits per heavy atom. The van der Waals surface area contributed by atoms with Gasteiger partial charge in [-0.15, -0.1) is 0 Å². The van der Waals surface area contributed by atoms with Gasteiger partial charge in [0.15, 0.2) is 0 Å². The number of hydrogen-bond acceptors (Lipinski definition) is 5. The van der Waals surface area contributed by atoms with Crippen molar-refractivity contribution >= 4 is 40.2 Å². The number of thioether (sulfide) groups is 1. The topological polar surface area (TPSA) is 53.1 Å². The van der Waals surface area contributed by atoms with Gasteiger partial charge in [-0.3, -0.25) is 14.5 Å². The smallest absolute Gasteiger partial charge is 0.309 e. The summed E-state index contributed by atoms with van der Waals surface area (Å²) < 4.78 is 0.621. The molecule has 1 aromatic rings. The molecule has 6 nitrogen and oxygen atoms in total. The molecule has 4 rings (SSSR count). The summed E-state index contributed by atoms with van der Waals surface area (Å²) in [6.07, 6.45) is 1.42. The number of benzene rings is 1. The molecule has 0 saturated carbocycles. The summed E-state index contributed by atoms with van der Waals surface area (Å²) in [6.45, 7) is 1.53. The zero-order chi connectivity index (χ0) is 17.4. The first-order valence-corrected chi connectivity index (χ1v) is 9.79. The van der Waals surface area contributed by atoms with Gasteiger partial charge in [0.05, 0.1) is 6.04 Å². The fourth-order valence-electron chi connectivity index (χ4n) is 3.55. The number of amides is 3. The second-order valence-electron chi connectivity index (χ2n) is 6.37. The van der Waals surface area contributed by atoms with Crippen LogP contribution >= 0.6 is 24.0 Å². The van der Waals surface area contributed by atoms with Crippen LogP contribution in [0, 0.1) is 0 Å². The molecule has 2 bridgehead atoms. The highest BCUT2D eigenvalue weighted by molar-refractivity contribution is 8.23. The van der Waals surface area contributed by atoms with Crippen molar-refractivity contribution in [2.75, 3.05) is 18.8 Å². The lowest BCUT2D eigenvalue weighted by atomic mass is 10.00. The number of carbonyl (C=O) groups is 2. The second kappa shape index (κ2) is 6.93. The van der Waals surface area contributed by atoms with E-state index < -0.39 is 6.04 Å². The van der Waals surface area contributed by atoms with E-state index in [9.17, 15) is 9.59 Å². The average molecular weight is 377 g/mol. The average Bonchev–Trinajstić information content (AvgIpc) is 3.16. The van der Waals surface area contributed by atoms with E-state index in [1.165, 1.54) is 16.8 Å². The monoisotopic (exact) mass is 377 g/mol. The minimum absolute atomic E-state index is 0.0140. The molecule has 3 amide bonds. The van der Waals surface area contributed by atoms with Crippen LogP contribution in [-0.4, -0.2) is 62.0 Å². The standard InChI is InChI=1S/C17H19N3O3S2/c21-15(18-8-9-25-17(18)24)14-7-6-13-10-19(14)16(22)20(13)23-11-12-4-2-1-3-5-12/h1-5,13-14H,6-11H2/t13-,14+/m1/s1. The van der Waals surface area contributed by atoms with Crippen molar-refractivity contribution in [2.45, 2.75) is 31.5 Å².